The van der Waals surface area contributed by atoms with Gasteiger partial charge in [0, 0.05) is 12.5 Å². The van der Waals surface area contributed by atoms with Crippen molar-refractivity contribution in [1.29, 1.82) is 0 Å². The first kappa shape index (κ1) is 23.0. The quantitative estimate of drug-likeness (QED) is 0.403. The number of carbonyl (C=O) groups excluding carboxylic acids is 1. The van der Waals surface area contributed by atoms with Gasteiger partial charge in [0.1, 0.15) is 12.7 Å². The number of alkyl carbamates (subject to hydrolysis) is 1. The first-order chi connectivity index (χ1) is 16.1. The Morgan fingerprint density at radius 3 is 2.15 bits per heavy atom. The standard InChI is InChI=1S/C27H30N2O4/c28-15-13-18-9-11-19(12-10-18)26(31)25(30)14-16-29-27(32)33-17-24-22-7-3-1-5-20(22)21-6-2-4-8-23(21)24/h1-12,24-26,30-31H,13-17,28H2,(H,29,32). The highest BCUT2D eigenvalue weighted by Gasteiger charge is 2.29. The lowest BCUT2D eigenvalue weighted by Gasteiger charge is -2.19. The number of carbonyl (C=O) groups is 1. The lowest BCUT2D eigenvalue weighted by molar-refractivity contribution is 0.0136. The number of aliphatic hydroxyl groups is 2. The highest BCUT2D eigenvalue weighted by atomic mass is 16.5. The number of fused-ring (bicyclic) bond motifs is 3. The molecule has 0 saturated carbocycles. The molecule has 1 amide bonds. The van der Waals surface area contributed by atoms with Crippen molar-refractivity contribution < 1.29 is 19.7 Å². The van der Waals surface area contributed by atoms with Crippen LogP contribution in [0.3, 0.4) is 0 Å². The molecule has 33 heavy (non-hydrogen) atoms. The van der Waals surface area contributed by atoms with Gasteiger partial charge in [-0.1, -0.05) is 72.8 Å². The number of aliphatic hydroxyl groups excluding tert-OH is 2. The number of nitrogens with two attached hydrogens (primary N) is 1. The van der Waals surface area contributed by atoms with Crippen molar-refractivity contribution in [3.63, 3.8) is 0 Å². The van der Waals surface area contributed by atoms with E-state index in [9.17, 15) is 15.0 Å². The fraction of sp³-hybridized carbons (Fsp3) is 0.296. The van der Waals surface area contributed by atoms with Crippen molar-refractivity contribution >= 4 is 6.09 Å². The topological polar surface area (TPSA) is 105 Å². The van der Waals surface area contributed by atoms with Crippen LogP contribution in [0.2, 0.25) is 0 Å². The van der Waals surface area contributed by atoms with Crippen molar-refractivity contribution in [2.45, 2.75) is 31.0 Å². The monoisotopic (exact) mass is 446 g/mol. The summed E-state index contributed by atoms with van der Waals surface area (Å²) in [6, 6.07) is 23.7. The van der Waals surface area contributed by atoms with Crippen molar-refractivity contribution in [2.75, 3.05) is 19.7 Å². The molecule has 3 aromatic rings. The summed E-state index contributed by atoms with van der Waals surface area (Å²) in [7, 11) is 0. The molecule has 3 aromatic carbocycles. The zero-order chi connectivity index (χ0) is 23.2. The SMILES string of the molecule is NCCc1ccc(C(O)C(O)CCNC(=O)OCC2c3ccccc3-c3ccccc32)cc1. The summed E-state index contributed by atoms with van der Waals surface area (Å²) >= 11 is 0. The van der Waals surface area contributed by atoms with E-state index in [-0.39, 0.29) is 25.5 Å². The van der Waals surface area contributed by atoms with E-state index in [1.807, 2.05) is 36.4 Å². The average molecular weight is 447 g/mol. The molecular weight excluding hydrogens is 416 g/mol. The summed E-state index contributed by atoms with van der Waals surface area (Å²) in [5, 5.41) is 23.4. The maximum atomic E-state index is 12.3. The molecule has 1 aliphatic carbocycles. The Labute approximate surface area is 194 Å². The van der Waals surface area contributed by atoms with Gasteiger partial charge in [-0.05, 0) is 52.8 Å². The molecule has 0 aromatic heterocycles. The minimum atomic E-state index is -1.03. The first-order valence-electron chi connectivity index (χ1n) is 11.3. The third-order valence-corrected chi connectivity index (χ3v) is 6.17. The van der Waals surface area contributed by atoms with Crippen LogP contribution in [0, 0.1) is 0 Å². The van der Waals surface area contributed by atoms with Crippen LogP contribution in [0.1, 0.15) is 40.7 Å². The van der Waals surface area contributed by atoms with Gasteiger partial charge >= 0.3 is 6.09 Å². The maximum absolute atomic E-state index is 12.3. The Balaban J connectivity index is 1.25. The Morgan fingerprint density at radius 2 is 1.55 bits per heavy atom. The first-order valence-corrected chi connectivity index (χ1v) is 11.3. The number of hydrogen-bond acceptors (Lipinski definition) is 5. The normalized spacial score (nSPS) is 14.3. The molecule has 1 aliphatic rings. The van der Waals surface area contributed by atoms with E-state index in [2.05, 4.69) is 29.6 Å². The van der Waals surface area contributed by atoms with Gasteiger partial charge in [-0.25, -0.2) is 4.79 Å². The van der Waals surface area contributed by atoms with E-state index in [0.717, 1.165) is 23.1 Å². The minimum absolute atomic E-state index is 0.00203. The van der Waals surface area contributed by atoms with Crippen LogP contribution in [-0.4, -0.2) is 42.1 Å². The maximum Gasteiger partial charge on any atom is 0.407 e. The number of nitrogens with one attached hydrogen (secondary N) is 1. The Bertz CT molecular complexity index is 1040. The molecule has 2 atom stereocenters. The summed E-state index contributed by atoms with van der Waals surface area (Å²) in [6.45, 7) is 0.992. The molecule has 0 radical (unpaired) electrons. The van der Waals surface area contributed by atoms with Gasteiger partial charge < -0.3 is 26.0 Å². The summed E-state index contributed by atoms with van der Waals surface area (Å²) in [5.41, 5.74) is 11.9. The summed E-state index contributed by atoms with van der Waals surface area (Å²) in [5.74, 6) is -0.00203. The van der Waals surface area contributed by atoms with Crippen LogP contribution < -0.4 is 11.1 Å². The molecule has 0 fully saturated rings. The lowest BCUT2D eigenvalue weighted by Crippen LogP contribution is -2.30. The molecule has 0 aliphatic heterocycles. The highest BCUT2D eigenvalue weighted by molar-refractivity contribution is 5.79. The molecule has 172 valence electrons. The van der Waals surface area contributed by atoms with E-state index in [1.165, 1.54) is 11.1 Å². The van der Waals surface area contributed by atoms with Crippen molar-refractivity contribution in [1.82, 2.24) is 5.32 Å². The van der Waals surface area contributed by atoms with E-state index < -0.39 is 18.3 Å². The van der Waals surface area contributed by atoms with E-state index in [0.29, 0.717) is 12.1 Å². The Hall–Kier alpha value is -3.19. The van der Waals surface area contributed by atoms with Crippen molar-refractivity contribution in [2.24, 2.45) is 5.73 Å². The molecule has 2 unspecified atom stereocenters. The third-order valence-electron chi connectivity index (χ3n) is 6.17. The Kier molecular flexibility index (Phi) is 7.40. The molecule has 6 heteroatoms. The zero-order valence-electron chi connectivity index (χ0n) is 18.5. The zero-order valence-corrected chi connectivity index (χ0v) is 18.5. The molecule has 6 nitrogen and oxygen atoms in total. The average Bonchev–Trinajstić information content (AvgIpc) is 3.16. The van der Waals surface area contributed by atoms with E-state index >= 15 is 0 Å². The summed E-state index contributed by atoms with van der Waals surface area (Å²) in [6.07, 6.45) is -1.59. The smallest absolute Gasteiger partial charge is 0.407 e. The van der Waals surface area contributed by atoms with E-state index in [4.69, 9.17) is 10.5 Å². The highest BCUT2D eigenvalue weighted by Crippen LogP contribution is 2.44. The number of hydrogen-bond donors (Lipinski definition) is 4. The molecule has 5 N–H and O–H groups in total. The van der Waals surface area contributed by atoms with Crippen molar-refractivity contribution in [3.05, 3.63) is 95.1 Å². The number of amides is 1. The molecule has 0 heterocycles. The van der Waals surface area contributed by atoms with E-state index in [1.54, 1.807) is 12.1 Å². The largest absolute Gasteiger partial charge is 0.449 e. The van der Waals surface area contributed by atoms with Crippen LogP contribution >= 0.6 is 0 Å². The summed E-state index contributed by atoms with van der Waals surface area (Å²) < 4.78 is 5.50. The molecule has 0 bridgehead atoms. The molecule has 4 rings (SSSR count). The number of rotatable bonds is 9. The summed E-state index contributed by atoms with van der Waals surface area (Å²) in [4.78, 5) is 12.3. The van der Waals surface area contributed by atoms with Gasteiger partial charge in [-0.3, -0.25) is 0 Å². The van der Waals surface area contributed by atoms with Crippen LogP contribution in [0.25, 0.3) is 11.1 Å². The van der Waals surface area contributed by atoms with Gasteiger partial charge in [0.25, 0.3) is 0 Å². The lowest BCUT2D eigenvalue weighted by atomic mass is 9.98. The minimum Gasteiger partial charge on any atom is -0.449 e. The van der Waals surface area contributed by atoms with Gasteiger partial charge in [-0.2, -0.15) is 0 Å². The van der Waals surface area contributed by atoms with Crippen LogP contribution in [0.15, 0.2) is 72.8 Å². The Morgan fingerprint density at radius 1 is 0.939 bits per heavy atom. The number of ether oxygens (including phenoxy) is 1. The van der Waals surface area contributed by atoms with Crippen LogP contribution in [0.5, 0.6) is 0 Å². The second kappa shape index (κ2) is 10.6. The second-order valence-electron chi connectivity index (χ2n) is 8.33. The van der Waals surface area contributed by atoms with Crippen LogP contribution in [-0.2, 0) is 11.2 Å². The van der Waals surface area contributed by atoms with Gasteiger partial charge in [0.05, 0.1) is 6.10 Å². The third kappa shape index (κ3) is 5.25. The second-order valence-corrected chi connectivity index (χ2v) is 8.33. The van der Waals surface area contributed by atoms with Gasteiger partial charge in [0.15, 0.2) is 0 Å². The number of benzene rings is 3. The predicted octanol–water partition coefficient (Wildman–Crippen LogP) is 3.51. The van der Waals surface area contributed by atoms with Crippen LogP contribution in [0.4, 0.5) is 4.79 Å². The van der Waals surface area contributed by atoms with Crippen molar-refractivity contribution in [3.8, 4) is 11.1 Å². The molecule has 0 saturated heterocycles. The molecular formula is C27H30N2O4. The van der Waals surface area contributed by atoms with Gasteiger partial charge in [-0.15, -0.1) is 0 Å². The fourth-order valence-corrected chi connectivity index (χ4v) is 4.40. The predicted molar refractivity (Wildman–Crippen MR) is 128 cm³/mol. The van der Waals surface area contributed by atoms with Gasteiger partial charge in [0.2, 0.25) is 0 Å². The molecule has 0 spiro atoms. The fourth-order valence-electron chi connectivity index (χ4n) is 4.40.